The number of rotatable bonds is 8. The van der Waals surface area contributed by atoms with Crippen LogP contribution in [-0.4, -0.2) is 50.0 Å². The van der Waals surface area contributed by atoms with Crippen LogP contribution < -0.4 is 4.90 Å². The van der Waals surface area contributed by atoms with E-state index in [9.17, 15) is 9.59 Å². The molecule has 0 aliphatic heterocycles. The Morgan fingerprint density at radius 1 is 1.24 bits per heavy atom. The van der Waals surface area contributed by atoms with Crippen LogP contribution in [0.25, 0.3) is 0 Å². The summed E-state index contributed by atoms with van der Waals surface area (Å²) in [5.74, 6) is -1.32. The molecule has 21 heavy (non-hydrogen) atoms. The average molecular weight is 289 g/mol. The quantitative estimate of drug-likeness (QED) is 0.451. The molecule has 1 atom stereocenters. The molecule has 0 spiro atoms. The number of aldehydes is 1. The normalized spacial score (nSPS) is 12.0. The Morgan fingerprint density at radius 2 is 1.86 bits per heavy atom. The second-order valence-corrected chi connectivity index (χ2v) is 5.12. The number of likely N-dealkylation sites (N-methyl/N-ethyl adjacent to an activating group) is 1. The van der Waals surface area contributed by atoms with Crippen molar-refractivity contribution < 1.29 is 9.59 Å². The fourth-order valence-corrected chi connectivity index (χ4v) is 1.95. The van der Waals surface area contributed by atoms with Gasteiger partial charge in [-0.1, -0.05) is 25.1 Å². The van der Waals surface area contributed by atoms with E-state index in [0.717, 1.165) is 5.69 Å². The monoisotopic (exact) mass is 289 g/mol. The summed E-state index contributed by atoms with van der Waals surface area (Å²) in [5.41, 5.74) is 0.904. The predicted octanol–water partition coefficient (Wildman–Crippen LogP) is 1.83. The molecular formula is C16H23N3O2. The molecular weight excluding hydrogens is 266 g/mol. The van der Waals surface area contributed by atoms with Crippen LogP contribution in [0, 0.1) is 11.3 Å². The van der Waals surface area contributed by atoms with Gasteiger partial charge in [-0.05, 0) is 32.6 Å². The van der Waals surface area contributed by atoms with Gasteiger partial charge in [0.15, 0.2) is 0 Å². The highest BCUT2D eigenvalue weighted by molar-refractivity contribution is 6.18. The standard InChI is InChI=1S/C16H23N3O2/c1-4-15(17)14(12-20)16(21)19(11-10-18(2)3)13-8-6-5-7-9-13/h5-9,12,14,17H,4,10-11H2,1-3H3. The summed E-state index contributed by atoms with van der Waals surface area (Å²) in [6.45, 7) is 2.95. The van der Waals surface area contributed by atoms with Crippen molar-refractivity contribution in [1.82, 2.24) is 4.90 Å². The lowest BCUT2D eigenvalue weighted by Gasteiger charge is -2.27. The maximum atomic E-state index is 12.6. The third-order valence-corrected chi connectivity index (χ3v) is 3.26. The number of anilines is 1. The van der Waals surface area contributed by atoms with Crippen LogP contribution in [0.1, 0.15) is 13.3 Å². The van der Waals surface area contributed by atoms with E-state index in [-0.39, 0.29) is 11.6 Å². The minimum absolute atomic E-state index is 0.154. The van der Waals surface area contributed by atoms with Crippen molar-refractivity contribution in [2.75, 3.05) is 32.1 Å². The fourth-order valence-electron chi connectivity index (χ4n) is 1.95. The topological polar surface area (TPSA) is 64.5 Å². The van der Waals surface area contributed by atoms with Gasteiger partial charge >= 0.3 is 0 Å². The highest BCUT2D eigenvalue weighted by Gasteiger charge is 2.27. The van der Waals surface area contributed by atoms with Crippen LogP contribution in [0.2, 0.25) is 0 Å². The van der Waals surface area contributed by atoms with E-state index in [1.54, 1.807) is 11.8 Å². The minimum Gasteiger partial charge on any atom is -0.310 e. The van der Waals surface area contributed by atoms with E-state index in [1.807, 2.05) is 49.3 Å². The molecule has 114 valence electrons. The highest BCUT2D eigenvalue weighted by Crippen LogP contribution is 2.17. The molecule has 0 saturated heterocycles. The molecule has 0 aliphatic carbocycles. The van der Waals surface area contributed by atoms with Crippen molar-refractivity contribution in [3.05, 3.63) is 30.3 Å². The zero-order chi connectivity index (χ0) is 15.8. The zero-order valence-electron chi connectivity index (χ0n) is 12.9. The number of benzene rings is 1. The Balaban J connectivity index is 3.02. The first kappa shape index (κ1) is 17.0. The van der Waals surface area contributed by atoms with Crippen molar-refractivity contribution in [2.45, 2.75) is 13.3 Å². The third kappa shape index (κ3) is 4.79. The first-order valence-electron chi connectivity index (χ1n) is 7.05. The minimum atomic E-state index is -0.989. The molecule has 1 unspecified atom stereocenters. The summed E-state index contributed by atoms with van der Waals surface area (Å²) in [7, 11) is 3.86. The van der Waals surface area contributed by atoms with Crippen molar-refractivity contribution in [3.63, 3.8) is 0 Å². The van der Waals surface area contributed by atoms with Gasteiger partial charge in [0.1, 0.15) is 12.2 Å². The Labute approximate surface area is 126 Å². The Bertz CT molecular complexity index is 486. The van der Waals surface area contributed by atoms with Gasteiger partial charge in [-0.2, -0.15) is 0 Å². The molecule has 0 saturated carbocycles. The van der Waals surface area contributed by atoms with Crippen LogP contribution in [-0.2, 0) is 9.59 Å². The summed E-state index contributed by atoms with van der Waals surface area (Å²) in [4.78, 5) is 27.4. The Morgan fingerprint density at radius 3 is 2.33 bits per heavy atom. The largest absolute Gasteiger partial charge is 0.310 e. The molecule has 0 aliphatic rings. The number of hydrogen-bond acceptors (Lipinski definition) is 4. The molecule has 0 fully saturated rings. The van der Waals surface area contributed by atoms with Crippen LogP contribution >= 0.6 is 0 Å². The Kier molecular flexibility index (Phi) is 6.75. The van der Waals surface area contributed by atoms with Gasteiger partial charge in [-0.15, -0.1) is 0 Å². The van der Waals surface area contributed by atoms with E-state index >= 15 is 0 Å². The summed E-state index contributed by atoms with van der Waals surface area (Å²) in [6, 6.07) is 9.26. The molecule has 5 nitrogen and oxygen atoms in total. The molecule has 1 rings (SSSR count). The molecule has 1 aromatic rings. The summed E-state index contributed by atoms with van der Waals surface area (Å²) >= 11 is 0. The summed E-state index contributed by atoms with van der Waals surface area (Å²) in [5, 5.41) is 7.81. The molecule has 1 amide bonds. The van der Waals surface area contributed by atoms with Crippen molar-refractivity contribution >= 4 is 23.6 Å². The number of carbonyl (C=O) groups is 2. The van der Waals surface area contributed by atoms with E-state index in [2.05, 4.69) is 0 Å². The van der Waals surface area contributed by atoms with Crippen molar-refractivity contribution in [1.29, 1.82) is 5.41 Å². The first-order chi connectivity index (χ1) is 10.0. The number of nitrogens with zero attached hydrogens (tertiary/aromatic N) is 2. The molecule has 1 aromatic carbocycles. The average Bonchev–Trinajstić information content (AvgIpc) is 2.48. The van der Waals surface area contributed by atoms with E-state index in [4.69, 9.17) is 5.41 Å². The lowest BCUT2D eigenvalue weighted by molar-refractivity contribution is -0.124. The number of amides is 1. The molecule has 0 aromatic heterocycles. The van der Waals surface area contributed by atoms with Gasteiger partial charge in [0, 0.05) is 24.5 Å². The molecule has 0 heterocycles. The van der Waals surface area contributed by atoms with Crippen molar-refractivity contribution in [3.8, 4) is 0 Å². The van der Waals surface area contributed by atoms with E-state index in [1.165, 1.54) is 0 Å². The summed E-state index contributed by atoms with van der Waals surface area (Å²) in [6.07, 6.45) is 0.964. The van der Waals surface area contributed by atoms with E-state index in [0.29, 0.717) is 25.8 Å². The van der Waals surface area contributed by atoms with Crippen molar-refractivity contribution in [2.24, 2.45) is 5.92 Å². The SMILES string of the molecule is CCC(=N)C(C=O)C(=O)N(CCN(C)C)c1ccccc1. The fraction of sp³-hybridized carbons (Fsp3) is 0.438. The van der Waals surface area contributed by atoms with Gasteiger partial charge in [0.25, 0.3) is 0 Å². The number of nitrogens with one attached hydrogen (secondary N) is 1. The number of hydrogen-bond donors (Lipinski definition) is 1. The van der Waals surface area contributed by atoms with Gasteiger partial charge in [-0.3, -0.25) is 4.79 Å². The number of carbonyl (C=O) groups excluding carboxylic acids is 2. The zero-order valence-corrected chi connectivity index (χ0v) is 12.9. The second-order valence-electron chi connectivity index (χ2n) is 5.12. The smallest absolute Gasteiger partial charge is 0.243 e. The molecule has 5 heteroatoms. The van der Waals surface area contributed by atoms with Gasteiger partial charge < -0.3 is 20.0 Å². The van der Waals surface area contributed by atoms with Crippen LogP contribution in [0.5, 0.6) is 0 Å². The number of para-hydroxylation sites is 1. The Hall–Kier alpha value is -2.01. The highest BCUT2D eigenvalue weighted by atomic mass is 16.2. The van der Waals surface area contributed by atoms with Crippen LogP contribution in [0.15, 0.2) is 30.3 Å². The van der Waals surface area contributed by atoms with Crippen LogP contribution in [0.3, 0.4) is 0 Å². The maximum Gasteiger partial charge on any atom is 0.243 e. The maximum absolute atomic E-state index is 12.6. The van der Waals surface area contributed by atoms with E-state index < -0.39 is 5.92 Å². The second kappa shape index (κ2) is 8.32. The van der Waals surface area contributed by atoms with Gasteiger partial charge in [0.05, 0.1) is 0 Å². The van der Waals surface area contributed by atoms with Gasteiger partial charge in [-0.25, -0.2) is 0 Å². The van der Waals surface area contributed by atoms with Crippen LogP contribution in [0.4, 0.5) is 5.69 Å². The molecule has 0 bridgehead atoms. The lowest BCUT2D eigenvalue weighted by Crippen LogP contribution is -2.43. The lowest BCUT2D eigenvalue weighted by atomic mass is 10.0. The predicted molar refractivity (Wildman–Crippen MR) is 84.9 cm³/mol. The third-order valence-electron chi connectivity index (χ3n) is 3.26. The molecule has 0 radical (unpaired) electrons. The van der Waals surface area contributed by atoms with Gasteiger partial charge in [0.2, 0.25) is 5.91 Å². The molecule has 1 N–H and O–H groups in total. The first-order valence-corrected chi connectivity index (χ1v) is 7.05. The summed E-state index contributed by atoms with van der Waals surface area (Å²) < 4.78 is 0.